The van der Waals surface area contributed by atoms with Crippen molar-refractivity contribution in [1.29, 1.82) is 0 Å². The smallest absolute Gasteiger partial charge is 0.115 e. The molecule has 1 aliphatic carbocycles. The van der Waals surface area contributed by atoms with Crippen LogP contribution in [0, 0.1) is 11.3 Å². The van der Waals surface area contributed by atoms with Gasteiger partial charge in [0.25, 0.3) is 0 Å². The Hall–Kier alpha value is -1.28. The van der Waals surface area contributed by atoms with Crippen molar-refractivity contribution in [3.63, 3.8) is 0 Å². The van der Waals surface area contributed by atoms with Crippen LogP contribution in [0.4, 0.5) is 0 Å². The number of hydrogen-bond donors (Lipinski definition) is 2. The van der Waals surface area contributed by atoms with E-state index in [2.05, 4.69) is 32.2 Å². The lowest BCUT2D eigenvalue weighted by molar-refractivity contribution is 0.272. The third-order valence-corrected chi connectivity index (χ3v) is 4.65. The molecule has 2 rings (SSSR count). The molecule has 2 nitrogen and oxygen atoms in total. The first kappa shape index (κ1) is 14.1. The summed E-state index contributed by atoms with van der Waals surface area (Å²) in [6.07, 6.45) is 4.81. The van der Waals surface area contributed by atoms with E-state index < -0.39 is 0 Å². The maximum absolute atomic E-state index is 9.41. The molecule has 19 heavy (non-hydrogen) atoms. The zero-order chi connectivity index (χ0) is 13.9. The Labute approximate surface area is 116 Å². The van der Waals surface area contributed by atoms with Crippen LogP contribution in [0.3, 0.4) is 0 Å². The number of allylic oxidation sites excluding steroid dienone is 2. The molecule has 104 valence electrons. The Morgan fingerprint density at radius 2 is 2.16 bits per heavy atom. The first-order valence-corrected chi connectivity index (χ1v) is 7.16. The molecule has 0 fully saturated rings. The van der Waals surface area contributed by atoms with Crippen molar-refractivity contribution in [2.45, 2.75) is 40.2 Å². The molecule has 0 aliphatic heterocycles. The Balaban J connectivity index is 1.74. The van der Waals surface area contributed by atoms with E-state index in [1.807, 2.05) is 18.2 Å². The highest BCUT2D eigenvalue weighted by atomic mass is 16.3. The van der Waals surface area contributed by atoms with Gasteiger partial charge in [0.15, 0.2) is 0 Å². The van der Waals surface area contributed by atoms with Crippen molar-refractivity contribution >= 4 is 0 Å². The van der Waals surface area contributed by atoms with Gasteiger partial charge in [0, 0.05) is 6.54 Å². The van der Waals surface area contributed by atoms with E-state index in [1.165, 1.54) is 18.4 Å². The van der Waals surface area contributed by atoms with E-state index in [0.717, 1.165) is 24.6 Å². The first-order valence-electron chi connectivity index (χ1n) is 7.16. The van der Waals surface area contributed by atoms with Crippen LogP contribution in [0.25, 0.3) is 0 Å². The second kappa shape index (κ2) is 5.79. The predicted molar refractivity (Wildman–Crippen MR) is 80.1 cm³/mol. The molecule has 0 radical (unpaired) electrons. The average molecular weight is 259 g/mol. The molecule has 1 atom stereocenters. The summed E-state index contributed by atoms with van der Waals surface area (Å²) in [5, 5.41) is 12.9. The predicted octanol–water partition coefficient (Wildman–Crippen LogP) is 3.86. The van der Waals surface area contributed by atoms with Gasteiger partial charge in [0.1, 0.15) is 5.75 Å². The largest absolute Gasteiger partial charge is 0.508 e. The fourth-order valence-corrected chi connectivity index (χ4v) is 2.85. The van der Waals surface area contributed by atoms with Crippen LogP contribution in [0.5, 0.6) is 5.75 Å². The second-order valence-electron chi connectivity index (χ2n) is 6.18. The number of nitrogens with one attached hydrogen (secondary N) is 1. The maximum atomic E-state index is 9.41. The van der Waals surface area contributed by atoms with Crippen LogP contribution < -0.4 is 5.32 Å². The Bertz CT molecular complexity index is 462. The van der Waals surface area contributed by atoms with Gasteiger partial charge in [-0.25, -0.2) is 0 Å². The summed E-state index contributed by atoms with van der Waals surface area (Å²) >= 11 is 0. The van der Waals surface area contributed by atoms with Crippen LogP contribution >= 0.6 is 0 Å². The Kier molecular flexibility index (Phi) is 4.31. The third-order valence-electron chi connectivity index (χ3n) is 4.65. The van der Waals surface area contributed by atoms with Gasteiger partial charge >= 0.3 is 0 Å². The number of hydrogen-bond acceptors (Lipinski definition) is 2. The summed E-state index contributed by atoms with van der Waals surface area (Å²) in [4.78, 5) is 0. The second-order valence-corrected chi connectivity index (χ2v) is 6.18. The molecule has 0 spiro atoms. The van der Waals surface area contributed by atoms with Gasteiger partial charge in [-0.05, 0) is 55.3 Å². The van der Waals surface area contributed by atoms with Crippen LogP contribution in [0.1, 0.15) is 39.2 Å². The lowest BCUT2D eigenvalue weighted by Crippen LogP contribution is -2.25. The molecule has 1 aromatic rings. The first-order chi connectivity index (χ1) is 9.00. The lowest BCUT2D eigenvalue weighted by atomic mass is 9.76. The third kappa shape index (κ3) is 3.38. The van der Waals surface area contributed by atoms with E-state index >= 15 is 0 Å². The van der Waals surface area contributed by atoms with Crippen LogP contribution in [-0.4, -0.2) is 11.7 Å². The van der Waals surface area contributed by atoms with Gasteiger partial charge in [0.05, 0.1) is 0 Å². The highest BCUT2D eigenvalue weighted by Crippen LogP contribution is 2.44. The summed E-state index contributed by atoms with van der Waals surface area (Å²) in [6.45, 7) is 8.82. The molecule has 2 N–H and O–H groups in total. The molecule has 1 unspecified atom stereocenters. The van der Waals surface area contributed by atoms with Gasteiger partial charge in [-0.3, -0.25) is 0 Å². The number of benzene rings is 1. The van der Waals surface area contributed by atoms with E-state index in [1.54, 1.807) is 6.07 Å². The normalized spacial score (nSPS) is 21.4. The van der Waals surface area contributed by atoms with Crippen molar-refractivity contribution in [2.24, 2.45) is 11.3 Å². The quantitative estimate of drug-likeness (QED) is 0.621. The van der Waals surface area contributed by atoms with Crippen molar-refractivity contribution < 1.29 is 5.11 Å². The molecule has 0 saturated carbocycles. The fraction of sp³-hybridized carbons (Fsp3) is 0.529. The summed E-state index contributed by atoms with van der Waals surface area (Å²) in [7, 11) is 0. The minimum Gasteiger partial charge on any atom is -0.508 e. The van der Waals surface area contributed by atoms with E-state index in [0.29, 0.717) is 11.2 Å². The van der Waals surface area contributed by atoms with Gasteiger partial charge in [0.2, 0.25) is 0 Å². The average Bonchev–Trinajstić information content (AvgIpc) is 2.61. The van der Waals surface area contributed by atoms with E-state index in [-0.39, 0.29) is 0 Å². The van der Waals surface area contributed by atoms with Gasteiger partial charge in [-0.1, -0.05) is 37.6 Å². The van der Waals surface area contributed by atoms with Crippen molar-refractivity contribution in [1.82, 2.24) is 5.32 Å². The monoisotopic (exact) mass is 259 g/mol. The highest BCUT2D eigenvalue weighted by molar-refractivity contribution is 5.26. The van der Waals surface area contributed by atoms with Gasteiger partial charge in [-0.15, -0.1) is 0 Å². The Morgan fingerprint density at radius 3 is 2.79 bits per heavy atom. The summed E-state index contributed by atoms with van der Waals surface area (Å²) < 4.78 is 0. The maximum Gasteiger partial charge on any atom is 0.115 e. The van der Waals surface area contributed by atoms with E-state index in [4.69, 9.17) is 0 Å². The molecule has 0 bridgehead atoms. The van der Waals surface area contributed by atoms with Crippen molar-refractivity contribution in [2.75, 3.05) is 6.54 Å². The van der Waals surface area contributed by atoms with E-state index in [9.17, 15) is 5.11 Å². The minimum atomic E-state index is 0.344. The molecule has 0 saturated heterocycles. The van der Waals surface area contributed by atoms with Gasteiger partial charge < -0.3 is 10.4 Å². The summed E-state index contributed by atoms with van der Waals surface area (Å²) in [5.74, 6) is 1.10. The summed E-state index contributed by atoms with van der Waals surface area (Å²) in [5.41, 5.74) is 3.03. The highest BCUT2D eigenvalue weighted by Gasteiger charge is 2.33. The number of rotatable bonds is 5. The standard InChI is InChI=1S/C17H25NO/c1-13-7-8-15(17(13,2)3)9-10-18-12-14-5-4-6-16(19)11-14/h4-7,11,15,18-19H,8-10,12H2,1-3H3. The molecule has 1 aliphatic rings. The van der Waals surface area contributed by atoms with Crippen molar-refractivity contribution in [3.05, 3.63) is 41.5 Å². The molecule has 0 aromatic heterocycles. The minimum absolute atomic E-state index is 0.344. The molecule has 2 heteroatoms. The molecule has 0 heterocycles. The van der Waals surface area contributed by atoms with Gasteiger partial charge in [-0.2, -0.15) is 0 Å². The molecule has 0 amide bonds. The topological polar surface area (TPSA) is 32.3 Å². The number of phenolic OH excluding ortho intramolecular Hbond substituents is 1. The van der Waals surface area contributed by atoms with Crippen LogP contribution in [0.15, 0.2) is 35.9 Å². The molecule has 1 aromatic carbocycles. The summed E-state index contributed by atoms with van der Waals surface area (Å²) in [6, 6.07) is 7.45. The van der Waals surface area contributed by atoms with Crippen molar-refractivity contribution in [3.8, 4) is 5.75 Å². The zero-order valence-corrected chi connectivity index (χ0v) is 12.2. The molecular formula is C17H25NO. The fourth-order valence-electron chi connectivity index (χ4n) is 2.85. The lowest BCUT2D eigenvalue weighted by Gasteiger charge is -2.29. The number of phenols is 1. The Morgan fingerprint density at radius 1 is 1.37 bits per heavy atom. The number of aromatic hydroxyl groups is 1. The van der Waals surface area contributed by atoms with Crippen LogP contribution in [-0.2, 0) is 6.54 Å². The van der Waals surface area contributed by atoms with Crippen LogP contribution in [0.2, 0.25) is 0 Å². The zero-order valence-electron chi connectivity index (χ0n) is 12.2. The molecular weight excluding hydrogens is 234 g/mol. The SMILES string of the molecule is CC1=CCC(CCNCc2cccc(O)c2)C1(C)C.